The number of nitrogens with zero attached hydrogens (tertiary/aromatic N) is 2. The van der Waals surface area contributed by atoms with E-state index in [1.807, 2.05) is 12.5 Å². The lowest BCUT2D eigenvalue weighted by molar-refractivity contribution is 0.280. The summed E-state index contributed by atoms with van der Waals surface area (Å²) in [5, 5.41) is 0. The SMILES string of the molecule is CCCCCCCCCC(Cc1ccccc1)C(CCC)n1ccnc1. The molecule has 0 aliphatic heterocycles. The number of hydrogen-bond acceptors (Lipinski definition) is 1. The summed E-state index contributed by atoms with van der Waals surface area (Å²) in [6, 6.07) is 11.6. The van der Waals surface area contributed by atoms with Crippen LogP contribution in [0.25, 0.3) is 0 Å². The molecule has 1 aromatic heterocycles. The Kier molecular flexibility index (Phi) is 10.2. The van der Waals surface area contributed by atoms with Crippen LogP contribution in [-0.2, 0) is 6.42 Å². The van der Waals surface area contributed by atoms with E-state index in [-0.39, 0.29) is 0 Å². The lowest BCUT2D eigenvalue weighted by Crippen LogP contribution is -2.21. The maximum atomic E-state index is 4.32. The Morgan fingerprint density at radius 1 is 0.846 bits per heavy atom. The van der Waals surface area contributed by atoms with Crippen LogP contribution in [0.3, 0.4) is 0 Å². The maximum absolute atomic E-state index is 4.32. The highest BCUT2D eigenvalue weighted by Crippen LogP contribution is 2.31. The van der Waals surface area contributed by atoms with Gasteiger partial charge in [-0.1, -0.05) is 95.5 Å². The molecule has 2 atom stereocenters. The van der Waals surface area contributed by atoms with Crippen LogP contribution in [0.2, 0.25) is 0 Å². The summed E-state index contributed by atoms with van der Waals surface area (Å²) in [6.07, 6.45) is 20.8. The van der Waals surface area contributed by atoms with Crippen molar-refractivity contribution >= 4 is 0 Å². The quantitative estimate of drug-likeness (QED) is 0.327. The third-order valence-corrected chi connectivity index (χ3v) is 5.56. The molecule has 0 bridgehead atoms. The number of hydrogen-bond donors (Lipinski definition) is 0. The molecule has 1 aromatic carbocycles. The van der Waals surface area contributed by atoms with E-state index in [9.17, 15) is 0 Å². The molecule has 0 amide bonds. The van der Waals surface area contributed by atoms with E-state index in [0.29, 0.717) is 12.0 Å². The molecule has 0 fully saturated rings. The largest absolute Gasteiger partial charge is 0.334 e. The number of unbranched alkanes of at least 4 members (excludes halogenated alkanes) is 6. The van der Waals surface area contributed by atoms with Crippen molar-refractivity contribution in [2.75, 3.05) is 0 Å². The smallest absolute Gasteiger partial charge is 0.0948 e. The minimum atomic E-state index is 0.572. The Morgan fingerprint density at radius 2 is 1.58 bits per heavy atom. The second kappa shape index (κ2) is 12.7. The van der Waals surface area contributed by atoms with E-state index in [1.54, 1.807) is 0 Å². The third-order valence-electron chi connectivity index (χ3n) is 5.56. The van der Waals surface area contributed by atoms with Crippen molar-refractivity contribution in [3.8, 4) is 0 Å². The molecule has 2 aromatic rings. The van der Waals surface area contributed by atoms with Crippen molar-refractivity contribution in [3.63, 3.8) is 0 Å². The molecule has 0 saturated heterocycles. The zero-order chi connectivity index (χ0) is 18.5. The van der Waals surface area contributed by atoms with Gasteiger partial charge in [0.15, 0.2) is 0 Å². The van der Waals surface area contributed by atoms with Crippen molar-refractivity contribution in [1.29, 1.82) is 0 Å². The first kappa shape index (κ1) is 20.7. The summed E-state index contributed by atoms with van der Waals surface area (Å²) in [5.74, 6) is 0.696. The van der Waals surface area contributed by atoms with E-state index in [4.69, 9.17) is 0 Å². The van der Waals surface area contributed by atoms with Gasteiger partial charge in [0.25, 0.3) is 0 Å². The monoisotopic (exact) mass is 354 g/mol. The summed E-state index contributed by atoms with van der Waals surface area (Å²) in [7, 11) is 0. The van der Waals surface area contributed by atoms with Crippen LogP contribution in [0, 0.1) is 5.92 Å². The number of imidazole rings is 1. The molecule has 26 heavy (non-hydrogen) atoms. The molecule has 1 heterocycles. The standard InChI is InChI=1S/C24H38N2/c1-3-5-6-7-8-9-13-17-23(20-22-15-11-10-12-16-22)24(14-4-2)26-19-18-25-21-26/h10-12,15-16,18-19,21,23-24H,3-9,13-14,17,20H2,1-2H3. The second-order valence-electron chi connectivity index (χ2n) is 7.73. The molecule has 0 radical (unpaired) electrons. The van der Waals surface area contributed by atoms with E-state index >= 15 is 0 Å². The molecule has 144 valence electrons. The highest BCUT2D eigenvalue weighted by Gasteiger charge is 2.22. The summed E-state index contributed by atoms with van der Waals surface area (Å²) < 4.78 is 2.36. The number of aromatic nitrogens is 2. The molecule has 0 saturated carbocycles. The Balaban J connectivity index is 1.94. The van der Waals surface area contributed by atoms with Crippen LogP contribution in [0.4, 0.5) is 0 Å². The van der Waals surface area contributed by atoms with Gasteiger partial charge in [0.1, 0.15) is 0 Å². The minimum Gasteiger partial charge on any atom is -0.334 e. The molecule has 0 aliphatic carbocycles. The number of rotatable bonds is 14. The molecule has 0 aliphatic rings. The first-order chi connectivity index (χ1) is 12.8. The number of benzene rings is 1. The van der Waals surface area contributed by atoms with Crippen LogP contribution >= 0.6 is 0 Å². The van der Waals surface area contributed by atoms with Crippen molar-refractivity contribution in [1.82, 2.24) is 9.55 Å². The van der Waals surface area contributed by atoms with Crippen LogP contribution in [0.15, 0.2) is 49.1 Å². The fraction of sp³-hybridized carbons (Fsp3) is 0.625. The highest BCUT2D eigenvalue weighted by atomic mass is 15.1. The molecule has 0 spiro atoms. The summed E-state index contributed by atoms with van der Waals surface area (Å²) in [5.41, 5.74) is 1.47. The van der Waals surface area contributed by atoms with E-state index < -0.39 is 0 Å². The van der Waals surface area contributed by atoms with Crippen molar-refractivity contribution in [2.24, 2.45) is 5.92 Å². The van der Waals surface area contributed by atoms with Gasteiger partial charge in [0, 0.05) is 18.4 Å². The van der Waals surface area contributed by atoms with Gasteiger partial charge >= 0.3 is 0 Å². The fourth-order valence-electron chi connectivity index (χ4n) is 4.10. The van der Waals surface area contributed by atoms with E-state index in [0.717, 1.165) is 0 Å². The lowest BCUT2D eigenvalue weighted by Gasteiger charge is -2.28. The van der Waals surface area contributed by atoms with Gasteiger partial charge in [-0.2, -0.15) is 0 Å². The molecule has 2 rings (SSSR count). The lowest BCUT2D eigenvalue weighted by atomic mass is 9.85. The minimum absolute atomic E-state index is 0.572. The van der Waals surface area contributed by atoms with Gasteiger partial charge in [0.05, 0.1) is 6.33 Å². The van der Waals surface area contributed by atoms with Crippen LogP contribution in [0.1, 0.15) is 89.7 Å². The van der Waals surface area contributed by atoms with Crippen molar-refractivity contribution in [2.45, 2.75) is 90.5 Å². The first-order valence-electron chi connectivity index (χ1n) is 10.9. The Morgan fingerprint density at radius 3 is 2.23 bits per heavy atom. The predicted octanol–water partition coefficient (Wildman–Crippen LogP) is 7.22. The van der Waals surface area contributed by atoms with Gasteiger partial charge < -0.3 is 4.57 Å². The van der Waals surface area contributed by atoms with Crippen molar-refractivity contribution in [3.05, 3.63) is 54.6 Å². The molecule has 2 nitrogen and oxygen atoms in total. The zero-order valence-corrected chi connectivity index (χ0v) is 16.9. The average molecular weight is 355 g/mol. The highest BCUT2D eigenvalue weighted by molar-refractivity contribution is 5.15. The van der Waals surface area contributed by atoms with Gasteiger partial charge in [-0.3, -0.25) is 0 Å². The topological polar surface area (TPSA) is 17.8 Å². The van der Waals surface area contributed by atoms with Gasteiger partial charge in [0.2, 0.25) is 0 Å². The predicted molar refractivity (Wildman–Crippen MR) is 112 cm³/mol. The van der Waals surface area contributed by atoms with Crippen molar-refractivity contribution < 1.29 is 0 Å². The Labute approximate surface area is 161 Å². The molecule has 0 N–H and O–H groups in total. The fourth-order valence-corrected chi connectivity index (χ4v) is 4.10. The molecular formula is C24H38N2. The summed E-state index contributed by atoms with van der Waals surface area (Å²) in [4.78, 5) is 4.32. The Bertz CT molecular complexity index is 547. The van der Waals surface area contributed by atoms with Gasteiger partial charge in [-0.15, -0.1) is 0 Å². The van der Waals surface area contributed by atoms with Crippen LogP contribution in [0.5, 0.6) is 0 Å². The van der Waals surface area contributed by atoms with Crippen LogP contribution < -0.4 is 0 Å². The molecule has 2 heteroatoms. The summed E-state index contributed by atoms with van der Waals surface area (Å²) >= 11 is 0. The van der Waals surface area contributed by atoms with Crippen LogP contribution in [-0.4, -0.2) is 9.55 Å². The van der Waals surface area contributed by atoms with E-state index in [2.05, 4.69) is 59.9 Å². The average Bonchev–Trinajstić information content (AvgIpc) is 3.20. The third kappa shape index (κ3) is 7.35. The normalized spacial score (nSPS) is 13.6. The molecular weight excluding hydrogens is 316 g/mol. The first-order valence-corrected chi connectivity index (χ1v) is 10.9. The van der Waals surface area contributed by atoms with Gasteiger partial charge in [-0.25, -0.2) is 4.98 Å². The van der Waals surface area contributed by atoms with Gasteiger partial charge in [-0.05, 0) is 30.7 Å². The summed E-state index contributed by atoms with van der Waals surface area (Å²) in [6.45, 7) is 4.59. The van der Waals surface area contributed by atoms with E-state index in [1.165, 1.54) is 76.2 Å². The Hall–Kier alpha value is -1.57. The molecule has 2 unspecified atom stereocenters. The maximum Gasteiger partial charge on any atom is 0.0948 e. The second-order valence-corrected chi connectivity index (χ2v) is 7.73. The zero-order valence-electron chi connectivity index (χ0n) is 16.9.